The Morgan fingerprint density at radius 2 is 1.89 bits per heavy atom. The lowest BCUT2D eigenvalue weighted by atomic mass is 10.0. The Balaban J connectivity index is 5.58. The van der Waals surface area contributed by atoms with E-state index < -0.39 is 29.2 Å². The van der Waals surface area contributed by atoms with E-state index in [4.69, 9.17) is 5.53 Å². The third kappa shape index (κ3) is 4.50. The van der Waals surface area contributed by atoms with Crippen molar-refractivity contribution in [3.05, 3.63) is 17.2 Å². The summed E-state index contributed by atoms with van der Waals surface area (Å²) in [7, 11) is 0. The van der Waals surface area contributed by atoms with E-state index in [9.17, 15) is 22.8 Å². The van der Waals surface area contributed by atoms with Crippen LogP contribution in [0.4, 0.5) is 13.2 Å². The Kier molecular flexibility index (Phi) is 5.98. The maximum Gasteiger partial charge on any atom is 0.424 e. The summed E-state index contributed by atoms with van der Waals surface area (Å²) in [5.41, 5.74) is 5.64. The first-order valence-corrected chi connectivity index (χ1v) is 4.99. The van der Waals surface area contributed by atoms with Crippen molar-refractivity contribution in [1.29, 1.82) is 0 Å². The summed E-state index contributed by atoms with van der Waals surface area (Å²) in [6.45, 7) is 2.59. The van der Waals surface area contributed by atoms with E-state index in [-0.39, 0.29) is 19.1 Å². The molecule has 0 rings (SSSR count). The van der Waals surface area contributed by atoms with Crippen LogP contribution in [0.3, 0.4) is 0 Å². The minimum atomic E-state index is -5.00. The van der Waals surface area contributed by atoms with Crippen LogP contribution in [0.5, 0.6) is 0 Å². The quantitative estimate of drug-likeness (QED) is 0.249. The van der Waals surface area contributed by atoms with E-state index in [1.165, 1.54) is 13.8 Å². The van der Waals surface area contributed by atoms with Crippen LogP contribution in [-0.4, -0.2) is 35.0 Å². The van der Waals surface area contributed by atoms with E-state index in [1.807, 2.05) is 0 Å². The third-order valence-electron chi connectivity index (χ3n) is 1.79. The number of Topliss-reactive ketones (excluding diaryl/α,β-unsaturated/α-hetero) is 1. The van der Waals surface area contributed by atoms with Gasteiger partial charge < -0.3 is 10.3 Å². The van der Waals surface area contributed by atoms with Crippen molar-refractivity contribution < 1.29 is 32.3 Å². The Morgan fingerprint density at radius 1 is 1.33 bits per heavy atom. The first-order chi connectivity index (χ1) is 8.27. The van der Waals surface area contributed by atoms with Gasteiger partial charge in [0.05, 0.1) is 6.61 Å². The summed E-state index contributed by atoms with van der Waals surface area (Å²) < 4.78 is 42.2. The average molecular weight is 264 g/mol. The molecule has 0 unspecified atom stereocenters. The fourth-order valence-corrected chi connectivity index (χ4v) is 1.01. The number of halogens is 3. The number of nitrogens with zero attached hydrogens (tertiary/aromatic N) is 2. The van der Waals surface area contributed by atoms with E-state index in [1.54, 1.807) is 0 Å². The van der Waals surface area contributed by atoms with E-state index in [2.05, 4.69) is 9.53 Å². The number of ether oxygens (including phenoxy) is 1. The minimum absolute atomic E-state index is 0.0894. The van der Waals surface area contributed by atoms with Crippen molar-refractivity contribution in [2.45, 2.75) is 26.4 Å². The number of rotatable bonds is 5. The van der Waals surface area contributed by atoms with Gasteiger partial charge in [0.25, 0.3) is 0 Å². The predicted octanol–water partition coefficient (Wildman–Crippen LogP) is 1.69. The van der Waals surface area contributed by atoms with Crippen molar-refractivity contribution in [1.82, 2.24) is 0 Å². The number of esters is 1. The highest BCUT2D eigenvalue weighted by Crippen LogP contribution is 2.26. The molecule has 100 valence electrons. The lowest BCUT2D eigenvalue weighted by molar-refractivity contribution is -0.138. The van der Waals surface area contributed by atoms with Gasteiger partial charge >= 0.3 is 17.9 Å². The van der Waals surface area contributed by atoms with Gasteiger partial charge in [0.15, 0.2) is 5.57 Å². The van der Waals surface area contributed by atoms with Gasteiger partial charge in [0.1, 0.15) is 0 Å². The van der Waals surface area contributed by atoms with Gasteiger partial charge in [-0.3, -0.25) is 4.79 Å². The molecule has 18 heavy (non-hydrogen) atoms. The van der Waals surface area contributed by atoms with Crippen molar-refractivity contribution in [3.63, 3.8) is 0 Å². The second-order valence-electron chi connectivity index (χ2n) is 3.03. The molecule has 0 fully saturated rings. The molecule has 0 aromatic carbocycles. The molecule has 0 saturated carbocycles. The van der Waals surface area contributed by atoms with Crippen molar-refractivity contribution in [2.75, 3.05) is 6.61 Å². The number of hydrogen-bond donors (Lipinski definition) is 0. The van der Waals surface area contributed by atoms with Crippen molar-refractivity contribution in [2.24, 2.45) is 0 Å². The maximum atomic E-state index is 12.6. The zero-order chi connectivity index (χ0) is 14.3. The molecule has 0 saturated heterocycles. The molecule has 0 atom stereocenters. The van der Waals surface area contributed by atoms with Crippen molar-refractivity contribution >= 4 is 17.5 Å². The van der Waals surface area contributed by atoms with Crippen LogP contribution in [-0.2, 0) is 14.3 Å². The summed E-state index contributed by atoms with van der Waals surface area (Å²) in [4.78, 5) is 24.5. The number of carbonyl (C=O) groups excluding carboxylic acids is 2. The van der Waals surface area contributed by atoms with E-state index in [0.717, 1.165) is 0 Å². The van der Waals surface area contributed by atoms with Crippen molar-refractivity contribution in [3.8, 4) is 0 Å². The Bertz CT molecular complexity index is 421. The highest BCUT2D eigenvalue weighted by molar-refractivity contribution is 6.44. The van der Waals surface area contributed by atoms with Gasteiger partial charge in [-0.05, 0) is 6.92 Å². The first kappa shape index (κ1) is 16.1. The summed E-state index contributed by atoms with van der Waals surface area (Å²) in [5.74, 6) is -2.31. The number of carbonyl (C=O) groups is 2. The molecule has 0 N–H and O–H groups in total. The molecule has 0 aliphatic rings. The zero-order valence-electron chi connectivity index (χ0n) is 9.74. The molecule has 5 nitrogen and oxygen atoms in total. The van der Waals surface area contributed by atoms with Crippen LogP contribution < -0.4 is 0 Å². The molecule has 0 aliphatic carbocycles. The van der Waals surface area contributed by atoms with Gasteiger partial charge in [-0.1, -0.05) is 6.92 Å². The Labute approximate surface area is 101 Å². The van der Waals surface area contributed by atoms with Gasteiger partial charge in [0.2, 0.25) is 5.78 Å². The average Bonchev–Trinajstić information content (AvgIpc) is 2.27. The second kappa shape index (κ2) is 6.70. The predicted molar refractivity (Wildman–Crippen MR) is 54.7 cm³/mol. The van der Waals surface area contributed by atoms with Crippen LogP contribution in [0.1, 0.15) is 20.3 Å². The lowest BCUT2D eigenvalue weighted by Gasteiger charge is -2.06. The molecule has 0 spiro atoms. The zero-order valence-corrected chi connectivity index (χ0v) is 9.74. The highest BCUT2D eigenvalue weighted by Gasteiger charge is 2.44. The molecule has 0 bridgehead atoms. The Hall–Kier alpha value is -1.95. The minimum Gasteiger partial charge on any atom is -0.463 e. The molecular formula is C10H11F3N2O3. The van der Waals surface area contributed by atoms with E-state index >= 15 is 0 Å². The van der Waals surface area contributed by atoms with E-state index in [0.29, 0.717) is 0 Å². The highest BCUT2D eigenvalue weighted by atomic mass is 19.4. The summed E-state index contributed by atoms with van der Waals surface area (Å²) in [6.07, 6.45) is -5.21. The van der Waals surface area contributed by atoms with Gasteiger partial charge in [-0.2, -0.15) is 18.0 Å². The number of allylic oxidation sites excluding steroid dienone is 1. The fraction of sp³-hybridized carbons (Fsp3) is 0.500. The summed E-state index contributed by atoms with van der Waals surface area (Å²) in [5, 5.41) is 0. The number of alkyl halides is 3. The lowest BCUT2D eigenvalue weighted by Crippen LogP contribution is -2.28. The van der Waals surface area contributed by atoms with Crippen LogP contribution >= 0.6 is 0 Å². The molecule has 0 heterocycles. The molecule has 0 aliphatic heterocycles. The van der Waals surface area contributed by atoms with Crippen LogP contribution in [0, 0.1) is 0 Å². The third-order valence-corrected chi connectivity index (χ3v) is 1.79. The maximum absolute atomic E-state index is 12.6. The molecule has 0 radical (unpaired) electrons. The molecule has 8 heteroatoms. The van der Waals surface area contributed by atoms with Crippen LogP contribution in [0.15, 0.2) is 11.6 Å². The van der Waals surface area contributed by atoms with Gasteiger partial charge in [-0.15, -0.1) is 0 Å². The fourth-order valence-electron chi connectivity index (χ4n) is 1.01. The molecular weight excluding hydrogens is 253 g/mol. The molecule has 0 aromatic rings. The smallest absolute Gasteiger partial charge is 0.424 e. The second-order valence-corrected chi connectivity index (χ2v) is 3.03. The number of hydrogen-bond acceptors (Lipinski definition) is 3. The summed E-state index contributed by atoms with van der Waals surface area (Å²) >= 11 is 0. The summed E-state index contributed by atoms with van der Waals surface area (Å²) in [6, 6.07) is 0. The topological polar surface area (TPSA) is 79.8 Å². The van der Waals surface area contributed by atoms with Crippen LogP contribution in [0.25, 0.3) is 5.53 Å². The SMILES string of the molecule is CCOC(=O)/C=C(\C(=[N+]=[N-])C(=O)CC)C(F)(F)F. The molecule has 0 aromatic heterocycles. The number of ketones is 1. The first-order valence-electron chi connectivity index (χ1n) is 4.99. The monoisotopic (exact) mass is 264 g/mol. The molecule has 0 amide bonds. The standard InChI is InChI=1S/C10H11F3N2O3/c1-3-7(16)9(15-14)6(10(11,12)13)5-8(17)18-4-2/h5H,3-4H2,1-2H3/b6-5+. The Morgan fingerprint density at radius 3 is 2.22 bits per heavy atom. The normalized spacial score (nSPS) is 11.7. The largest absolute Gasteiger partial charge is 0.463 e. The van der Waals surface area contributed by atoms with Gasteiger partial charge in [-0.25, -0.2) is 4.79 Å². The van der Waals surface area contributed by atoms with Crippen LogP contribution in [0.2, 0.25) is 0 Å². The van der Waals surface area contributed by atoms with Gasteiger partial charge in [0, 0.05) is 12.5 Å².